The summed E-state index contributed by atoms with van der Waals surface area (Å²) >= 11 is 0. The van der Waals surface area contributed by atoms with Crippen LogP contribution in [0.4, 0.5) is 0 Å². The zero-order chi connectivity index (χ0) is 16.1. The van der Waals surface area contributed by atoms with Gasteiger partial charge in [-0.05, 0) is 17.7 Å². The van der Waals surface area contributed by atoms with Crippen molar-refractivity contribution < 1.29 is 34.3 Å². The van der Waals surface area contributed by atoms with E-state index < -0.39 is 37.3 Å². The molecule has 1 heterocycles. The molecule has 7 heteroatoms. The predicted octanol–water partition coefficient (Wildman–Crippen LogP) is -0.334. The molecular weight excluding hydrogens is 292 g/mol. The molecule has 0 bridgehead atoms. The van der Waals surface area contributed by atoms with Gasteiger partial charge < -0.3 is 34.3 Å². The number of aliphatic hydroxyl groups is 3. The molecule has 3 N–H and O–H groups in total. The summed E-state index contributed by atoms with van der Waals surface area (Å²) in [5, 5.41) is 29.0. The molecule has 1 aliphatic rings. The lowest BCUT2D eigenvalue weighted by molar-refractivity contribution is -0.167. The minimum atomic E-state index is -1.16. The summed E-state index contributed by atoms with van der Waals surface area (Å²) in [6.07, 6.45) is -4.76. The maximum Gasteiger partial charge on any atom is 0.186 e. The summed E-state index contributed by atoms with van der Waals surface area (Å²) in [6, 6.07) is 7.29. The van der Waals surface area contributed by atoms with Gasteiger partial charge in [0, 0.05) is 7.11 Å². The van der Waals surface area contributed by atoms with Gasteiger partial charge >= 0.3 is 0 Å². The summed E-state index contributed by atoms with van der Waals surface area (Å²) < 4.78 is 21.1. The highest BCUT2D eigenvalue weighted by Crippen LogP contribution is 2.27. The monoisotopic (exact) mass is 314 g/mol. The van der Waals surface area contributed by atoms with Gasteiger partial charge in [0.2, 0.25) is 0 Å². The van der Waals surface area contributed by atoms with E-state index in [4.69, 9.17) is 24.1 Å². The fourth-order valence-corrected chi connectivity index (χ4v) is 2.38. The van der Waals surface area contributed by atoms with Crippen molar-refractivity contribution >= 4 is 0 Å². The average Bonchev–Trinajstić information content (AvgIpc) is 2.88. The van der Waals surface area contributed by atoms with E-state index in [9.17, 15) is 10.2 Å². The van der Waals surface area contributed by atoms with Gasteiger partial charge in [0.1, 0.15) is 30.2 Å². The average molecular weight is 314 g/mol. The molecule has 0 amide bonds. The first-order chi connectivity index (χ1) is 10.6. The van der Waals surface area contributed by atoms with Crippen LogP contribution in [-0.2, 0) is 20.8 Å². The lowest BCUT2D eigenvalue weighted by atomic mass is 10.1. The lowest BCUT2D eigenvalue weighted by Gasteiger charge is -2.23. The minimum Gasteiger partial charge on any atom is -0.497 e. The summed E-state index contributed by atoms with van der Waals surface area (Å²) in [6.45, 7) is -0.267. The Labute approximate surface area is 129 Å². The standard InChI is InChI=1S/C15H22O7/c1-19-10-5-3-9(4-6-10)8-21-14-12(18)15(20-2)22-13(14)11(17)7-16/h3-6,11-18H,7-8H2,1-2H3/t11?,12?,13-,14+,15-/m1/s1. The van der Waals surface area contributed by atoms with Crippen LogP contribution < -0.4 is 4.74 Å². The number of ether oxygens (including phenoxy) is 4. The van der Waals surface area contributed by atoms with Gasteiger partial charge in [-0.25, -0.2) is 0 Å². The SMILES string of the molecule is COc1ccc(CO[C@H]2C(O)[C@H](OC)O[C@@H]2C(O)CO)cc1. The second-order valence-electron chi connectivity index (χ2n) is 5.07. The normalized spacial score (nSPS) is 29.5. The van der Waals surface area contributed by atoms with Gasteiger partial charge in [-0.1, -0.05) is 12.1 Å². The van der Waals surface area contributed by atoms with E-state index in [1.807, 2.05) is 12.1 Å². The smallest absolute Gasteiger partial charge is 0.186 e. The molecule has 2 rings (SSSR count). The van der Waals surface area contributed by atoms with E-state index in [0.717, 1.165) is 11.3 Å². The third-order valence-corrected chi connectivity index (χ3v) is 3.63. The summed E-state index contributed by atoms with van der Waals surface area (Å²) in [7, 11) is 2.98. The number of rotatable bonds is 7. The minimum absolute atomic E-state index is 0.222. The molecule has 1 aromatic carbocycles. The molecular formula is C15H22O7. The van der Waals surface area contributed by atoms with E-state index in [2.05, 4.69) is 0 Å². The second-order valence-corrected chi connectivity index (χ2v) is 5.07. The van der Waals surface area contributed by atoms with Gasteiger partial charge in [0.15, 0.2) is 6.29 Å². The van der Waals surface area contributed by atoms with Crippen molar-refractivity contribution in [3.05, 3.63) is 29.8 Å². The first-order valence-corrected chi connectivity index (χ1v) is 7.00. The van der Waals surface area contributed by atoms with Crippen molar-refractivity contribution in [1.29, 1.82) is 0 Å². The quantitative estimate of drug-likeness (QED) is 0.634. The summed E-state index contributed by atoms with van der Waals surface area (Å²) in [4.78, 5) is 0. The summed E-state index contributed by atoms with van der Waals surface area (Å²) in [5.74, 6) is 0.737. The summed E-state index contributed by atoms with van der Waals surface area (Å²) in [5.41, 5.74) is 0.881. The zero-order valence-corrected chi connectivity index (χ0v) is 12.6. The van der Waals surface area contributed by atoms with Crippen LogP contribution in [0.1, 0.15) is 5.56 Å². The van der Waals surface area contributed by atoms with Crippen molar-refractivity contribution in [2.45, 2.75) is 37.3 Å². The molecule has 1 fully saturated rings. The van der Waals surface area contributed by atoms with Crippen LogP contribution in [0.2, 0.25) is 0 Å². The molecule has 2 unspecified atom stereocenters. The van der Waals surface area contributed by atoms with Gasteiger partial charge in [-0.3, -0.25) is 0 Å². The molecule has 1 saturated heterocycles. The number of aliphatic hydroxyl groups excluding tert-OH is 3. The van der Waals surface area contributed by atoms with Gasteiger partial charge in [-0.2, -0.15) is 0 Å². The number of benzene rings is 1. The van der Waals surface area contributed by atoms with Gasteiger partial charge in [-0.15, -0.1) is 0 Å². The van der Waals surface area contributed by atoms with Crippen LogP contribution in [0.5, 0.6) is 5.75 Å². The molecule has 0 aromatic heterocycles. The maximum absolute atomic E-state index is 10.1. The van der Waals surface area contributed by atoms with Crippen LogP contribution in [0, 0.1) is 0 Å². The van der Waals surface area contributed by atoms with E-state index in [0.29, 0.717) is 0 Å². The molecule has 0 spiro atoms. The first kappa shape index (κ1) is 17.1. The Hall–Kier alpha value is -1.22. The molecule has 0 saturated carbocycles. The highest BCUT2D eigenvalue weighted by Gasteiger charge is 2.47. The number of methoxy groups -OCH3 is 2. The lowest BCUT2D eigenvalue weighted by Crippen LogP contribution is -2.42. The molecule has 7 nitrogen and oxygen atoms in total. The van der Waals surface area contributed by atoms with Crippen molar-refractivity contribution in [3.63, 3.8) is 0 Å². The third kappa shape index (κ3) is 3.75. The largest absolute Gasteiger partial charge is 0.497 e. The van der Waals surface area contributed by atoms with E-state index in [1.54, 1.807) is 19.2 Å². The Morgan fingerprint density at radius 1 is 1.23 bits per heavy atom. The van der Waals surface area contributed by atoms with Crippen molar-refractivity contribution in [1.82, 2.24) is 0 Å². The van der Waals surface area contributed by atoms with Crippen molar-refractivity contribution in [2.75, 3.05) is 20.8 Å². The Bertz CT molecular complexity index is 450. The maximum atomic E-state index is 10.1. The van der Waals surface area contributed by atoms with Gasteiger partial charge in [0.05, 0.1) is 20.3 Å². The zero-order valence-electron chi connectivity index (χ0n) is 12.6. The Morgan fingerprint density at radius 3 is 2.45 bits per heavy atom. The molecule has 5 atom stereocenters. The highest BCUT2D eigenvalue weighted by atomic mass is 16.7. The van der Waals surface area contributed by atoms with Gasteiger partial charge in [0.25, 0.3) is 0 Å². The number of hydrogen-bond acceptors (Lipinski definition) is 7. The Balaban J connectivity index is 2.00. The topological polar surface area (TPSA) is 97.6 Å². The van der Waals surface area contributed by atoms with Crippen LogP contribution in [0.25, 0.3) is 0 Å². The Kier molecular flexibility index (Phi) is 6.13. The predicted molar refractivity (Wildman–Crippen MR) is 76.3 cm³/mol. The second kappa shape index (κ2) is 7.87. The van der Waals surface area contributed by atoms with Crippen LogP contribution in [0.15, 0.2) is 24.3 Å². The van der Waals surface area contributed by atoms with E-state index >= 15 is 0 Å². The molecule has 1 aliphatic heterocycles. The third-order valence-electron chi connectivity index (χ3n) is 3.63. The van der Waals surface area contributed by atoms with Crippen LogP contribution in [0.3, 0.4) is 0 Å². The Morgan fingerprint density at radius 2 is 1.91 bits per heavy atom. The molecule has 1 aromatic rings. The highest BCUT2D eigenvalue weighted by molar-refractivity contribution is 5.26. The van der Waals surface area contributed by atoms with Crippen LogP contribution in [-0.4, -0.2) is 66.9 Å². The molecule has 22 heavy (non-hydrogen) atoms. The molecule has 0 aliphatic carbocycles. The molecule has 124 valence electrons. The van der Waals surface area contributed by atoms with Crippen LogP contribution >= 0.6 is 0 Å². The fourth-order valence-electron chi connectivity index (χ4n) is 2.38. The van der Waals surface area contributed by atoms with Crippen molar-refractivity contribution in [3.8, 4) is 5.75 Å². The molecule has 0 radical (unpaired) electrons. The van der Waals surface area contributed by atoms with Crippen molar-refractivity contribution in [2.24, 2.45) is 0 Å². The fraction of sp³-hybridized carbons (Fsp3) is 0.600. The first-order valence-electron chi connectivity index (χ1n) is 7.00. The van der Waals surface area contributed by atoms with E-state index in [1.165, 1.54) is 7.11 Å². The van der Waals surface area contributed by atoms with E-state index in [-0.39, 0.29) is 6.61 Å². The number of hydrogen-bond donors (Lipinski definition) is 3.